The van der Waals surface area contributed by atoms with Crippen LogP contribution in [-0.2, 0) is 20.9 Å². The van der Waals surface area contributed by atoms with Crippen LogP contribution in [0, 0.1) is 0 Å². The first kappa shape index (κ1) is 15.7. The molecule has 0 saturated heterocycles. The molecule has 0 aromatic heterocycles. The van der Waals surface area contributed by atoms with Crippen molar-refractivity contribution in [3.63, 3.8) is 0 Å². The monoisotopic (exact) mass is 265 g/mol. The molecule has 1 aromatic rings. The summed E-state index contributed by atoms with van der Waals surface area (Å²) >= 11 is 0. The molecule has 0 radical (unpaired) electrons. The van der Waals surface area contributed by atoms with Crippen molar-refractivity contribution < 1.29 is 14.3 Å². The molecule has 0 saturated carbocycles. The Labute approximate surface area is 115 Å². The molecule has 0 atom stereocenters. The normalized spacial score (nSPS) is 10.7. The van der Waals surface area contributed by atoms with E-state index in [0.717, 1.165) is 25.1 Å². The summed E-state index contributed by atoms with van der Waals surface area (Å²) < 4.78 is 10.3. The van der Waals surface area contributed by atoms with E-state index in [1.54, 1.807) is 0 Å². The lowest BCUT2D eigenvalue weighted by Crippen LogP contribution is -2.34. The Hall–Kier alpha value is -1.39. The maximum Gasteiger partial charge on any atom is 0.319 e. The summed E-state index contributed by atoms with van der Waals surface area (Å²) in [7, 11) is 1.42. The zero-order valence-corrected chi connectivity index (χ0v) is 11.8. The molecule has 4 heteroatoms. The third-order valence-electron chi connectivity index (χ3n) is 2.78. The van der Waals surface area contributed by atoms with Gasteiger partial charge >= 0.3 is 5.97 Å². The van der Waals surface area contributed by atoms with E-state index in [9.17, 15) is 4.79 Å². The van der Waals surface area contributed by atoms with Crippen LogP contribution in [0.5, 0.6) is 0 Å². The lowest BCUT2D eigenvalue weighted by atomic mass is 10.2. The number of hydrogen-bond donors (Lipinski definition) is 0. The van der Waals surface area contributed by atoms with E-state index in [4.69, 9.17) is 4.74 Å². The van der Waals surface area contributed by atoms with Gasteiger partial charge in [0, 0.05) is 6.54 Å². The molecule has 19 heavy (non-hydrogen) atoms. The van der Waals surface area contributed by atoms with Crippen molar-refractivity contribution in [2.24, 2.45) is 0 Å². The van der Waals surface area contributed by atoms with Gasteiger partial charge in [-0.1, -0.05) is 37.3 Å². The van der Waals surface area contributed by atoms with Crippen LogP contribution in [0.25, 0.3) is 0 Å². The maximum atomic E-state index is 11.2. The minimum absolute atomic E-state index is 0.198. The number of hydrogen-bond acceptors (Lipinski definition) is 4. The highest BCUT2D eigenvalue weighted by molar-refractivity contribution is 5.71. The highest BCUT2D eigenvalue weighted by Gasteiger charge is 2.09. The van der Waals surface area contributed by atoms with Gasteiger partial charge in [-0.05, 0) is 18.5 Å². The molecule has 0 heterocycles. The van der Waals surface area contributed by atoms with Crippen LogP contribution >= 0.6 is 0 Å². The molecule has 4 nitrogen and oxygen atoms in total. The number of carbonyl (C=O) groups excluding carboxylic acids is 1. The number of nitrogens with zero attached hydrogens (tertiary/aromatic N) is 1. The first-order valence-corrected chi connectivity index (χ1v) is 6.67. The average molecular weight is 265 g/mol. The van der Waals surface area contributed by atoms with Gasteiger partial charge in [-0.15, -0.1) is 0 Å². The number of benzene rings is 1. The molecule has 0 bridgehead atoms. The fourth-order valence-electron chi connectivity index (χ4n) is 1.79. The molecule has 0 amide bonds. The van der Waals surface area contributed by atoms with Crippen LogP contribution in [0.4, 0.5) is 0 Å². The van der Waals surface area contributed by atoms with Gasteiger partial charge < -0.3 is 9.47 Å². The number of carbonyl (C=O) groups is 1. The van der Waals surface area contributed by atoms with E-state index in [1.165, 1.54) is 7.11 Å². The molecule has 0 aliphatic carbocycles. The summed E-state index contributed by atoms with van der Waals surface area (Å²) in [6.07, 6.45) is 1.01. The summed E-state index contributed by atoms with van der Waals surface area (Å²) in [5, 5.41) is 0. The predicted octanol–water partition coefficient (Wildman–Crippen LogP) is 2.09. The van der Waals surface area contributed by atoms with Gasteiger partial charge in [-0.3, -0.25) is 9.69 Å². The number of ether oxygens (including phenoxy) is 2. The van der Waals surface area contributed by atoms with Gasteiger partial charge in [0.2, 0.25) is 0 Å². The van der Waals surface area contributed by atoms with Gasteiger partial charge in [-0.25, -0.2) is 0 Å². The van der Waals surface area contributed by atoms with Crippen molar-refractivity contribution in [2.45, 2.75) is 20.0 Å². The van der Waals surface area contributed by atoms with E-state index in [1.807, 2.05) is 30.3 Å². The largest absolute Gasteiger partial charge is 0.468 e. The molecule has 1 rings (SSSR count). The van der Waals surface area contributed by atoms with E-state index in [-0.39, 0.29) is 5.97 Å². The summed E-state index contributed by atoms with van der Waals surface area (Å²) in [6, 6.07) is 10.1. The van der Waals surface area contributed by atoms with Gasteiger partial charge in [0.15, 0.2) is 0 Å². The van der Waals surface area contributed by atoms with Gasteiger partial charge in [0.05, 0.1) is 26.9 Å². The van der Waals surface area contributed by atoms with Crippen LogP contribution in [0.15, 0.2) is 30.3 Å². The van der Waals surface area contributed by atoms with Crippen molar-refractivity contribution >= 4 is 5.97 Å². The first-order valence-electron chi connectivity index (χ1n) is 6.67. The Balaban J connectivity index is 2.22. The highest BCUT2D eigenvalue weighted by Crippen LogP contribution is 2.01. The van der Waals surface area contributed by atoms with Crippen LogP contribution in [-0.4, -0.2) is 44.2 Å². The summed E-state index contributed by atoms with van der Waals surface area (Å²) in [6.45, 7) is 5.28. The Kier molecular flexibility index (Phi) is 7.86. The summed E-state index contributed by atoms with van der Waals surface area (Å²) in [4.78, 5) is 13.3. The average Bonchev–Trinajstić information content (AvgIpc) is 2.44. The van der Waals surface area contributed by atoms with Crippen molar-refractivity contribution in [1.82, 2.24) is 4.90 Å². The second kappa shape index (κ2) is 9.53. The van der Waals surface area contributed by atoms with E-state index < -0.39 is 0 Å². The number of methoxy groups -OCH3 is 1. The smallest absolute Gasteiger partial charge is 0.319 e. The van der Waals surface area contributed by atoms with E-state index in [0.29, 0.717) is 19.8 Å². The summed E-state index contributed by atoms with van der Waals surface area (Å²) in [5.41, 5.74) is 1.16. The maximum absolute atomic E-state index is 11.2. The van der Waals surface area contributed by atoms with Crippen LogP contribution < -0.4 is 0 Å². The SMILES string of the molecule is CCCN(CCOCc1ccccc1)CC(=O)OC. The fraction of sp³-hybridized carbons (Fsp3) is 0.533. The third kappa shape index (κ3) is 6.94. The van der Waals surface area contributed by atoms with Gasteiger partial charge in [0.1, 0.15) is 0 Å². The molecule has 1 aromatic carbocycles. The minimum Gasteiger partial charge on any atom is -0.468 e. The zero-order chi connectivity index (χ0) is 13.9. The first-order chi connectivity index (χ1) is 9.26. The molecule has 0 unspecified atom stereocenters. The highest BCUT2D eigenvalue weighted by atomic mass is 16.5. The van der Waals surface area contributed by atoms with Crippen LogP contribution in [0.2, 0.25) is 0 Å². The van der Waals surface area contributed by atoms with Crippen molar-refractivity contribution in [3.05, 3.63) is 35.9 Å². The quantitative estimate of drug-likeness (QED) is 0.506. The zero-order valence-electron chi connectivity index (χ0n) is 11.8. The Bertz CT molecular complexity index is 354. The standard InChI is InChI=1S/C15H23NO3/c1-3-9-16(12-15(17)18-2)10-11-19-13-14-7-5-4-6-8-14/h4-8H,3,9-13H2,1-2H3. The lowest BCUT2D eigenvalue weighted by molar-refractivity contribution is -0.142. The fourth-order valence-corrected chi connectivity index (χ4v) is 1.79. The van der Waals surface area contributed by atoms with Gasteiger partial charge in [0.25, 0.3) is 0 Å². The van der Waals surface area contributed by atoms with Crippen LogP contribution in [0.3, 0.4) is 0 Å². The lowest BCUT2D eigenvalue weighted by Gasteiger charge is -2.20. The van der Waals surface area contributed by atoms with Crippen molar-refractivity contribution in [1.29, 1.82) is 0 Å². The Morgan fingerprint density at radius 1 is 1.21 bits per heavy atom. The molecule has 0 spiro atoms. The topological polar surface area (TPSA) is 38.8 Å². The number of rotatable bonds is 9. The summed E-state index contributed by atoms with van der Waals surface area (Å²) in [5.74, 6) is -0.198. The van der Waals surface area contributed by atoms with Gasteiger partial charge in [-0.2, -0.15) is 0 Å². The molecular weight excluding hydrogens is 242 g/mol. The Morgan fingerprint density at radius 3 is 2.58 bits per heavy atom. The van der Waals surface area contributed by atoms with Crippen molar-refractivity contribution in [2.75, 3.05) is 33.4 Å². The van der Waals surface area contributed by atoms with Crippen molar-refractivity contribution in [3.8, 4) is 0 Å². The predicted molar refractivity (Wildman–Crippen MR) is 74.8 cm³/mol. The molecule has 0 fully saturated rings. The second-order valence-electron chi connectivity index (χ2n) is 4.39. The van der Waals surface area contributed by atoms with Crippen LogP contribution in [0.1, 0.15) is 18.9 Å². The minimum atomic E-state index is -0.198. The molecule has 0 aliphatic rings. The molecule has 0 aliphatic heterocycles. The van der Waals surface area contributed by atoms with E-state index >= 15 is 0 Å². The molecule has 106 valence electrons. The molecular formula is C15H23NO3. The third-order valence-corrected chi connectivity index (χ3v) is 2.78. The molecule has 0 N–H and O–H groups in total. The second-order valence-corrected chi connectivity index (χ2v) is 4.39. The van der Waals surface area contributed by atoms with E-state index in [2.05, 4.69) is 16.6 Å². The number of esters is 1. The Morgan fingerprint density at radius 2 is 1.95 bits per heavy atom.